The molecule has 0 bridgehead atoms. The second-order valence-corrected chi connectivity index (χ2v) is 14.0. The van der Waals surface area contributed by atoms with Crippen LogP contribution in [0.25, 0.3) is 11.0 Å². The van der Waals surface area contributed by atoms with Crippen LogP contribution in [0.4, 0.5) is 5.82 Å². The molecule has 2 rings (SSSR count). The quantitative estimate of drug-likeness (QED) is 0.326. The van der Waals surface area contributed by atoms with Crippen LogP contribution >= 0.6 is 22.6 Å². The van der Waals surface area contributed by atoms with E-state index in [4.69, 9.17) is 15.2 Å². The third-order valence-electron chi connectivity index (χ3n) is 3.90. The Hall–Kier alpha value is -1.38. The molecule has 2 aromatic rings. The van der Waals surface area contributed by atoms with Crippen molar-refractivity contribution in [3.05, 3.63) is 9.26 Å². The van der Waals surface area contributed by atoms with Crippen LogP contribution in [0.15, 0.2) is 0 Å². The van der Waals surface area contributed by atoms with Gasteiger partial charge in [-0.25, -0.2) is 0 Å². The van der Waals surface area contributed by atoms with E-state index in [2.05, 4.69) is 65.2 Å². The molecule has 142 valence electrons. The van der Waals surface area contributed by atoms with Crippen molar-refractivity contribution in [3.63, 3.8) is 0 Å². The number of ether oxygens (including phenoxy) is 2. The SMILES string of the molecule is CCCCOc1nc(N)c2c(n1)c(I)c(C#N)n2COCC[Si](C)(C)C. The van der Waals surface area contributed by atoms with E-state index in [0.717, 1.165) is 22.5 Å². The smallest absolute Gasteiger partial charge is 0.319 e. The Bertz CT molecular complexity index is 810. The summed E-state index contributed by atoms with van der Waals surface area (Å²) in [4.78, 5) is 8.71. The minimum atomic E-state index is -1.17. The minimum Gasteiger partial charge on any atom is -0.463 e. The third kappa shape index (κ3) is 5.08. The highest BCUT2D eigenvalue weighted by molar-refractivity contribution is 14.1. The molecule has 0 unspecified atom stereocenters. The summed E-state index contributed by atoms with van der Waals surface area (Å²) in [6, 6.07) is 3.54. The number of nitrogens with zero attached hydrogens (tertiary/aromatic N) is 4. The highest BCUT2D eigenvalue weighted by Gasteiger charge is 2.21. The molecule has 0 atom stereocenters. The maximum absolute atomic E-state index is 9.58. The van der Waals surface area contributed by atoms with Crippen LogP contribution in [0.3, 0.4) is 0 Å². The zero-order valence-electron chi connectivity index (χ0n) is 15.8. The highest BCUT2D eigenvalue weighted by Crippen LogP contribution is 2.30. The molecule has 0 spiro atoms. The number of fused-ring (bicyclic) bond motifs is 1. The first-order valence-corrected chi connectivity index (χ1v) is 13.5. The fourth-order valence-electron chi connectivity index (χ4n) is 2.36. The molecular formula is C17H26IN5O2Si. The molecule has 0 radical (unpaired) electrons. The first kappa shape index (κ1) is 20.9. The molecule has 7 nitrogen and oxygen atoms in total. The van der Waals surface area contributed by atoms with Gasteiger partial charge in [0, 0.05) is 14.7 Å². The van der Waals surface area contributed by atoms with Gasteiger partial charge in [0.15, 0.2) is 5.82 Å². The van der Waals surface area contributed by atoms with E-state index < -0.39 is 8.07 Å². The zero-order chi connectivity index (χ0) is 19.3. The van der Waals surface area contributed by atoms with Crippen molar-refractivity contribution in [2.75, 3.05) is 18.9 Å². The van der Waals surface area contributed by atoms with E-state index >= 15 is 0 Å². The zero-order valence-corrected chi connectivity index (χ0v) is 19.0. The van der Waals surface area contributed by atoms with Crippen LogP contribution in [0.5, 0.6) is 6.01 Å². The largest absolute Gasteiger partial charge is 0.463 e. The molecule has 26 heavy (non-hydrogen) atoms. The van der Waals surface area contributed by atoms with Gasteiger partial charge >= 0.3 is 6.01 Å². The van der Waals surface area contributed by atoms with Crippen molar-refractivity contribution >= 4 is 47.5 Å². The summed E-state index contributed by atoms with van der Waals surface area (Å²) in [5.74, 6) is 0.301. The average molecular weight is 487 g/mol. The number of rotatable bonds is 9. The second kappa shape index (κ2) is 9.01. The fourth-order valence-corrected chi connectivity index (χ4v) is 3.90. The van der Waals surface area contributed by atoms with Crippen LogP contribution in [-0.2, 0) is 11.5 Å². The third-order valence-corrected chi connectivity index (χ3v) is 6.62. The maximum Gasteiger partial charge on any atom is 0.319 e. The molecule has 2 N–H and O–H groups in total. The number of unbranched alkanes of at least 4 members (excludes halogenated alkanes) is 1. The minimum absolute atomic E-state index is 0.252. The molecule has 0 aromatic carbocycles. The van der Waals surface area contributed by atoms with Crippen molar-refractivity contribution in [3.8, 4) is 12.1 Å². The van der Waals surface area contributed by atoms with E-state index in [9.17, 15) is 5.26 Å². The number of hydrogen-bond donors (Lipinski definition) is 1. The summed E-state index contributed by atoms with van der Waals surface area (Å²) in [5, 5.41) is 9.58. The summed E-state index contributed by atoms with van der Waals surface area (Å²) in [5.41, 5.74) is 7.91. The fraction of sp³-hybridized carbons (Fsp3) is 0.588. The van der Waals surface area contributed by atoms with Crippen LogP contribution in [0.2, 0.25) is 25.7 Å². The van der Waals surface area contributed by atoms with Gasteiger partial charge in [-0.2, -0.15) is 15.2 Å². The van der Waals surface area contributed by atoms with E-state index in [0.29, 0.717) is 35.8 Å². The van der Waals surface area contributed by atoms with E-state index in [1.807, 2.05) is 0 Å². The number of hydrogen-bond acceptors (Lipinski definition) is 6. The lowest BCUT2D eigenvalue weighted by Gasteiger charge is -2.16. The van der Waals surface area contributed by atoms with Gasteiger partial charge in [-0.15, -0.1) is 0 Å². The second-order valence-electron chi connectivity index (χ2n) is 7.34. The summed E-state index contributed by atoms with van der Waals surface area (Å²) in [7, 11) is -1.17. The standard InChI is InChI=1S/C17H26IN5O2Si/c1-5-6-7-25-17-21-14-13(18)12(10-19)23(15(14)16(20)22-17)11-24-8-9-26(2,3)4/h5-9,11H2,1-4H3,(H2,20,21,22). The molecule has 2 aromatic heterocycles. The number of anilines is 1. The van der Waals surface area contributed by atoms with Crippen LogP contribution in [-0.4, -0.2) is 35.8 Å². The predicted octanol–water partition coefficient (Wildman–Crippen LogP) is 3.98. The van der Waals surface area contributed by atoms with Gasteiger partial charge in [-0.1, -0.05) is 33.0 Å². The lowest BCUT2D eigenvalue weighted by atomic mass is 10.4. The lowest BCUT2D eigenvalue weighted by molar-refractivity contribution is 0.0896. The number of nitriles is 1. The normalized spacial score (nSPS) is 11.7. The predicted molar refractivity (Wildman–Crippen MR) is 114 cm³/mol. The van der Waals surface area contributed by atoms with Gasteiger partial charge in [0.2, 0.25) is 0 Å². The Morgan fingerprint density at radius 1 is 1.27 bits per heavy atom. The van der Waals surface area contributed by atoms with Gasteiger partial charge in [-0.05, 0) is 35.1 Å². The molecule has 2 heterocycles. The van der Waals surface area contributed by atoms with Crippen molar-refractivity contribution in [2.45, 2.75) is 52.2 Å². The Morgan fingerprint density at radius 2 is 2.00 bits per heavy atom. The first-order chi connectivity index (χ1) is 12.3. The van der Waals surface area contributed by atoms with Crippen LogP contribution < -0.4 is 10.5 Å². The summed E-state index contributed by atoms with van der Waals surface area (Å²) in [6.07, 6.45) is 1.95. The Kier molecular flexibility index (Phi) is 7.25. The van der Waals surface area contributed by atoms with Crippen LogP contribution in [0.1, 0.15) is 25.5 Å². The maximum atomic E-state index is 9.58. The van der Waals surface area contributed by atoms with Gasteiger partial charge in [0.05, 0.1) is 10.2 Å². The molecular weight excluding hydrogens is 461 g/mol. The molecule has 0 aliphatic heterocycles. The molecule has 0 aliphatic rings. The number of aromatic nitrogens is 3. The molecule has 0 amide bonds. The molecule has 0 saturated carbocycles. The van der Waals surface area contributed by atoms with Crippen molar-refractivity contribution in [1.29, 1.82) is 5.26 Å². The van der Waals surface area contributed by atoms with Gasteiger partial charge in [-0.3, -0.25) is 0 Å². The number of nitrogens with two attached hydrogens (primary N) is 1. The van der Waals surface area contributed by atoms with Crippen molar-refractivity contribution < 1.29 is 9.47 Å². The molecule has 0 fully saturated rings. The number of halogens is 1. The molecule has 9 heteroatoms. The van der Waals surface area contributed by atoms with E-state index in [1.54, 1.807) is 4.57 Å². The average Bonchev–Trinajstić information content (AvgIpc) is 2.83. The number of nitrogen functional groups attached to an aromatic ring is 1. The monoisotopic (exact) mass is 487 g/mol. The van der Waals surface area contributed by atoms with Gasteiger partial charge in [0.25, 0.3) is 0 Å². The van der Waals surface area contributed by atoms with E-state index in [-0.39, 0.29) is 12.7 Å². The summed E-state index contributed by atoms with van der Waals surface area (Å²) < 4.78 is 13.9. The van der Waals surface area contributed by atoms with Crippen LogP contribution in [0, 0.1) is 14.9 Å². The lowest BCUT2D eigenvalue weighted by Crippen LogP contribution is -2.22. The highest BCUT2D eigenvalue weighted by atomic mass is 127. The van der Waals surface area contributed by atoms with E-state index in [1.165, 1.54) is 0 Å². The van der Waals surface area contributed by atoms with Crippen molar-refractivity contribution in [2.24, 2.45) is 0 Å². The molecule has 0 saturated heterocycles. The van der Waals surface area contributed by atoms with Crippen molar-refractivity contribution in [1.82, 2.24) is 14.5 Å². The molecule has 0 aliphatic carbocycles. The summed E-state index contributed by atoms with van der Waals surface area (Å²) in [6.45, 7) is 10.5. The Balaban J connectivity index is 2.30. The topological polar surface area (TPSA) is 99.0 Å². The summed E-state index contributed by atoms with van der Waals surface area (Å²) >= 11 is 2.12. The van der Waals surface area contributed by atoms with Gasteiger partial charge in [0.1, 0.15) is 29.5 Å². The Labute approximate surface area is 169 Å². The Morgan fingerprint density at radius 3 is 2.62 bits per heavy atom. The van der Waals surface area contributed by atoms with Gasteiger partial charge < -0.3 is 19.8 Å². The first-order valence-electron chi connectivity index (χ1n) is 8.74.